The molecule has 0 atom stereocenters. The fraction of sp³-hybridized carbons (Fsp3) is 1.00. The molecule has 1 nitrogen and oxygen atoms in total. The first-order valence-electron chi connectivity index (χ1n) is 4.57. The number of hydrogen-bond acceptors (Lipinski definition) is 1. The molecule has 0 amide bonds. The van der Waals surface area contributed by atoms with Crippen molar-refractivity contribution in [3.8, 4) is 0 Å². The molecule has 10 heavy (non-hydrogen) atoms. The van der Waals surface area contributed by atoms with Crippen molar-refractivity contribution in [3.05, 3.63) is 0 Å². The van der Waals surface area contributed by atoms with E-state index in [9.17, 15) is 0 Å². The lowest BCUT2D eigenvalue weighted by Gasteiger charge is -2.40. The van der Waals surface area contributed by atoms with Crippen LogP contribution in [0.4, 0.5) is 0 Å². The van der Waals surface area contributed by atoms with Gasteiger partial charge in [-0.3, -0.25) is 0 Å². The molecule has 0 aromatic rings. The van der Waals surface area contributed by atoms with E-state index in [1.54, 1.807) is 0 Å². The van der Waals surface area contributed by atoms with Gasteiger partial charge in [0, 0.05) is 6.54 Å². The van der Waals surface area contributed by atoms with E-state index in [-0.39, 0.29) is 0 Å². The first kappa shape index (κ1) is 6.66. The van der Waals surface area contributed by atoms with Crippen LogP contribution in [-0.4, -0.2) is 24.5 Å². The van der Waals surface area contributed by atoms with Crippen LogP contribution in [0, 0.1) is 11.8 Å². The predicted molar refractivity (Wildman–Crippen MR) is 42.9 cm³/mol. The van der Waals surface area contributed by atoms with Crippen molar-refractivity contribution < 1.29 is 0 Å². The normalized spacial score (nSPS) is 40.5. The standard InChI is InChI=1S/C9H17N/c1-8-5-9(6-8)7-10-3-2-4-10/h8-9H,2-7H2,1H3. The molecule has 2 rings (SSSR count). The largest absolute Gasteiger partial charge is 0.303 e. The second kappa shape index (κ2) is 2.54. The second-order valence-electron chi connectivity index (χ2n) is 4.10. The highest BCUT2D eigenvalue weighted by Crippen LogP contribution is 2.34. The Morgan fingerprint density at radius 2 is 2.00 bits per heavy atom. The second-order valence-corrected chi connectivity index (χ2v) is 4.10. The first-order chi connectivity index (χ1) is 4.84. The van der Waals surface area contributed by atoms with E-state index >= 15 is 0 Å². The summed E-state index contributed by atoms with van der Waals surface area (Å²) in [5, 5.41) is 0. The Labute approximate surface area is 63.4 Å². The van der Waals surface area contributed by atoms with Crippen LogP contribution < -0.4 is 0 Å². The molecule has 1 heterocycles. The summed E-state index contributed by atoms with van der Waals surface area (Å²) in [5.41, 5.74) is 0. The Hall–Kier alpha value is -0.0400. The molecule has 0 N–H and O–H groups in total. The highest BCUT2D eigenvalue weighted by molar-refractivity contribution is 4.81. The molecule has 0 aromatic carbocycles. The number of hydrogen-bond donors (Lipinski definition) is 0. The van der Waals surface area contributed by atoms with Gasteiger partial charge in [0.15, 0.2) is 0 Å². The van der Waals surface area contributed by atoms with E-state index in [1.165, 1.54) is 38.9 Å². The van der Waals surface area contributed by atoms with Crippen molar-refractivity contribution in [1.29, 1.82) is 0 Å². The van der Waals surface area contributed by atoms with Gasteiger partial charge in [0.05, 0.1) is 0 Å². The molecule has 2 aliphatic rings. The molecule has 2 fully saturated rings. The summed E-state index contributed by atoms with van der Waals surface area (Å²) in [4.78, 5) is 2.59. The number of likely N-dealkylation sites (tertiary alicyclic amines) is 1. The zero-order chi connectivity index (χ0) is 6.97. The zero-order valence-electron chi connectivity index (χ0n) is 6.84. The third-order valence-corrected chi connectivity index (χ3v) is 2.94. The van der Waals surface area contributed by atoms with E-state index < -0.39 is 0 Å². The van der Waals surface area contributed by atoms with Crippen LogP contribution in [0.1, 0.15) is 26.2 Å². The van der Waals surface area contributed by atoms with Crippen molar-refractivity contribution >= 4 is 0 Å². The molecule has 0 aromatic heterocycles. The van der Waals surface area contributed by atoms with Gasteiger partial charge >= 0.3 is 0 Å². The van der Waals surface area contributed by atoms with E-state index in [4.69, 9.17) is 0 Å². The highest BCUT2D eigenvalue weighted by atomic mass is 15.2. The first-order valence-corrected chi connectivity index (χ1v) is 4.57. The number of nitrogens with zero attached hydrogens (tertiary/aromatic N) is 1. The lowest BCUT2D eigenvalue weighted by molar-refractivity contribution is 0.0937. The van der Waals surface area contributed by atoms with Gasteiger partial charge in [-0.25, -0.2) is 0 Å². The summed E-state index contributed by atoms with van der Waals surface area (Å²) >= 11 is 0. The van der Waals surface area contributed by atoms with Gasteiger partial charge in [-0.15, -0.1) is 0 Å². The Balaban J connectivity index is 1.62. The maximum Gasteiger partial charge on any atom is 0.000987 e. The van der Waals surface area contributed by atoms with E-state index in [0.29, 0.717) is 0 Å². The monoisotopic (exact) mass is 139 g/mol. The maximum absolute atomic E-state index is 2.59. The summed E-state index contributed by atoms with van der Waals surface area (Å²) in [6, 6.07) is 0. The molecular weight excluding hydrogens is 122 g/mol. The van der Waals surface area contributed by atoms with Crippen LogP contribution in [0.3, 0.4) is 0 Å². The highest BCUT2D eigenvalue weighted by Gasteiger charge is 2.28. The minimum Gasteiger partial charge on any atom is -0.303 e. The van der Waals surface area contributed by atoms with Crippen LogP contribution >= 0.6 is 0 Å². The molecule has 0 bridgehead atoms. The van der Waals surface area contributed by atoms with Crippen LogP contribution in [0.25, 0.3) is 0 Å². The van der Waals surface area contributed by atoms with Gasteiger partial charge in [-0.2, -0.15) is 0 Å². The molecule has 58 valence electrons. The van der Waals surface area contributed by atoms with Crippen molar-refractivity contribution in [2.24, 2.45) is 11.8 Å². The van der Waals surface area contributed by atoms with Crippen LogP contribution in [-0.2, 0) is 0 Å². The molecule has 0 radical (unpaired) electrons. The molecular formula is C9H17N. The van der Waals surface area contributed by atoms with Crippen molar-refractivity contribution in [2.45, 2.75) is 26.2 Å². The molecule has 1 heteroatoms. The zero-order valence-corrected chi connectivity index (χ0v) is 6.84. The Bertz CT molecular complexity index is 112. The van der Waals surface area contributed by atoms with Crippen molar-refractivity contribution in [1.82, 2.24) is 4.90 Å². The van der Waals surface area contributed by atoms with Gasteiger partial charge in [0.1, 0.15) is 0 Å². The quantitative estimate of drug-likeness (QED) is 0.563. The van der Waals surface area contributed by atoms with E-state index in [2.05, 4.69) is 11.8 Å². The maximum atomic E-state index is 2.59. The molecule has 1 saturated heterocycles. The average Bonchev–Trinajstić information content (AvgIpc) is 1.72. The fourth-order valence-corrected chi connectivity index (χ4v) is 2.15. The van der Waals surface area contributed by atoms with Gasteiger partial charge in [-0.1, -0.05) is 6.92 Å². The summed E-state index contributed by atoms with van der Waals surface area (Å²) in [5.74, 6) is 2.10. The fourth-order valence-electron chi connectivity index (χ4n) is 2.15. The lowest BCUT2D eigenvalue weighted by atomic mass is 9.75. The minimum absolute atomic E-state index is 1.03. The summed E-state index contributed by atoms with van der Waals surface area (Å²) in [6.45, 7) is 6.53. The van der Waals surface area contributed by atoms with Gasteiger partial charge in [-0.05, 0) is 44.2 Å². The topological polar surface area (TPSA) is 3.24 Å². The van der Waals surface area contributed by atoms with Crippen molar-refractivity contribution in [3.63, 3.8) is 0 Å². The Kier molecular flexibility index (Phi) is 1.69. The van der Waals surface area contributed by atoms with Crippen LogP contribution in [0.15, 0.2) is 0 Å². The minimum atomic E-state index is 1.03. The predicted octanol–water partition coefficient (Wildman–Crippen LogP) is 1.74. The van der Waals surface area contributed by atoms with E-state index in [1.807, 2.05) is 0 Å². The summed E-state index contributed by atoms with van der Waals surface area (Å²) < 4.78 is 0. The third kappa shape index (κ3) is 1.20. The third-order valence-electron chi connectivity index (χ3n) is 2.94. The Morgan fingerprint density at radius 1 is 1.30 bits per heavy atom. The Morgan fingerprint density at radius 3 is 2.40 bits per heavy atom. The van der Waals surface area contributed by atoms with Crippen LogP contribution in [0.5, 0.6) is 0 Å². The number of rotatable bonds is 2. The summed E-state index contributed by atoms with van der Waals surface area (Å²) in [7, 11) is 0. The molecule has 1 aliphatic heterocycles. The van der Waals surface area contributed by atoms with Crippen LogP contribution in [0.2, 0.25) is 0 Å². The average molecular weight is 139 g/mol. The SMILES string of the molecule is CC1CC(CN2CCC2)C1. The summed E-state index contributed by atoms with van der Waals surface area (Å²) in [6.07, 6.45) is 4.44. The molecule has 1 saturated carbocycles. The van der Waals surface area contributed by atoms with E-state index in [0.717, 1.165) is 11.8 Å². The van der Waals surface area contributed by atoms with Gasteiger partial charge in [0.25, 0.3) is 0 Å². The molecule has 0 spiro atoms. The van der Waals surface area contributed by atoms with Gasteiger partial charge in [0.2, 0.25) is 0 Å². The molecule has 0 unspecified atom stereocenters. The molecule has 1 aliphatic carbocycles. The van der Waals surface area contributed by atoms with Gasteiger partial charge < -0.3 is 4.90 Å². The van der Waals surface area contributed by atoms with Crippen molar-refractivity contribution in [2.75, 3.05) is 19.6 Å². The smallest absolute Gasteiger partial charge is 0.000987 e. The lowest BCUT2D eigenvalue weighted by Crippen LogP contribution is -2.43.